The van der Waals surface area contributed by atoms with Gasteiger partial charge in [-0.15, -0.1) is 0 Å². The first kappa shape index (κ1) is 16.2. The molecule has 0 aliphatic heterocycles. The van der Waals surface area contributed by atoms with E-state index in [0.717, 1.165) is 5.56 Å². The predicted molar refractivity (Wildman–Crippen MR) is 89.5 cm³/mol. The van der Waals surface area contributed by atoms with Crippen LogP contribution in [0.3, 0.4) is 0 Å². The molecule has 0 fully saturated rings. The van der Waals surface area contributed by atoms with Gasteiger partial charge in [0, 0.05) is 16.7 Å². The maximum atomic E-state index is 9.39. The summed E-state index contributed by atoms with van der Waals surface area (Å²) in [6.07, 6.45) is 1.72. The van der Waals surface area contributed by atoms with Gasteiger partial charge in [0.2, 0.25) is 0 Å². The van der Waals surface area contributed by atoms with Gasteiger partial charge in [-0.2, -0.15) is 5.26 Å². The molecule has 2 aromatic carbocycles. The van der Waals surface area contributed by atoms with Gasteiger partial charge in [-0.1, -0.05) is 35.3 Å². The smallest absolute Gasteiger partial charge is 0.141 e. The van der Waals surface area contributed by atoms with Crippen LogP contribution in [0.2, 0.25) is 10.0 Å². The maximum absolute atomic E-state index is 9.39. The Kier molecular flexibility index (Phi) is 5.32. The molecule has 0 amide bonds. The number of hydrogen-bond acceptors (Lipinski definition) is 3. The number of hydrogen-bond donors (Lipinski definition) is 0. The first-order valence-corrected chi connectivity index (χ1v) is 7.14. The van der Waals surface area contributed by atoms with Gasteiger partial charge >= 0.3 is 0 Å². The highest BCUT2D eigenvalue weighted by Gasteiger charge is 2.10. The highest BCUT2D eigenvalue weighted by Crippen LogP contribution is 2.34. The van der Waals surface area contributed by atoms with E-state index in [2.05, 4.69) is 6.07 Å². The molecule has 3 nitrogen and oxygen atoms in total. The summed E-state index contributed by atoms with van der Waals surface area (Å²) < 4.78 is 10.5. The van der Waals surface area contributed by atoms with Gasteiger partial charge in [0.25, 0.3) is 0 Å². The third-order valence-electron chi connectivity index (χ3n) is 3.08. The summed E-state index contributed by atoms with van der Waals surface area (Å²) in [4.78, 5) is 0. The minimum atomic E-state index is 0.447. The molecule has 0 aromatic heterocycles. The second-order valence-electron chi connectivity index (χ2n) is 4.41. The van der Waals surface area contributed by atoms with Gasteiger partial charge in [-0.05, 0) is 29.8 Å². The fourth-order valence-corrected chi connectivity index (χ4v) is 2.34. The SMILES string of the molecule is COc1cc(OC)c(/C=C(/C#N)c2ccc(Cl)cc2)cc1Cl. The van der Waals surface area contributed by atoms with Gasteiger partial charge in [-0.25, -0.2) is 0 Å². The summed E-state index contributed by atoms with van der Waals surface area (Å²) >= 11 is 12.0. The van der Waals surface area contributed by atoms with Gasteiger partial charge in [0.1, 0.15) is 11.5 Å². The van der Waals surface area contributed by atoms with Crippen molar-refractivity contribution in [2.75, 3.05) is 14.2 Å². The fraction of sp³-hybridized carbons (Fsp3) is 0.118. The minimum absolute atomic E-state index is 0.447. The number of nitrogens with zero attached hydrogens (tertiary/aromatic N) is 1. The Morgan fingerprint density at radius 3 is 2.23 bits per heavy atom. The molecule has 5 heteroatoms. The van der Waals surface area contributed by atoms with E-state index < -0.39 is 0 Å². The zero-order valence-corrected chi connectivity index (χ0v) is 13.6. The van der Waals surface area contributed by atoms with Crippen LogP contribution in [0.1, 0.15) is 11.1 Å². The Labute approximate surface area is 139 Å². The Morgan fingerprint density at radius 2 is 1.68 bits per heavy atom. The van der Waals surface area contributed by atoms with Crippen molar-refractivity contribution in [3.8, 4) is 17.6 Å². The summed E-state index contributed by atoms with van der Waals surface area (Å²) in [5.41, 5.74) is 1.94. The van der Waals surface area contributed by atoms with E-state index in [1.807, 2.05) is 0 Å². The molecule has 0 bridgehead atoms. The number of benzene rings is 2. The molecular formula is C17H13Cl2NO2. The van der Waals surface area contributed by atoms with Crippen molar-refractivity contribution in [3.63, 3.8) is 0 Å². The van der Waals surface area contributed by atoms with Crippen molar-refractivity contribution >= 4 is 34.9 Å². The fourth-order valence-electron chi connectivity index (χ4n) is 1.96. The molecule has 2 rings (SSSR count). The summed E-state index contributed by atoms with van der Waals surface area (Å²) in [7, 11) is 3.08. The highest BCUT2D eigenvalue weighted by molar-refractivity contribution is 6.32. The van der Waals surface area contributed by atoms with Crippen molar-refractivity contribution < 1.29 is 9.47 Å². The van der Waals surface area contributed by atoms with Crippen molar-refractivity contribution in [2.45, 2.75) is 0 Å². The summed E-state index contributed by atoms with van der Waals surface area (Å²) in [6.45, 7) is 0. The molecule has 0 aliphatic carbocycles. The van der Waals surface area contributed by atoms with Crippen LogP contribution >= 0.6 is 23.2 Å². The lowest BCUT2D eigenvalue weighted by Gasteiger charge is -2.10. The molecule has 0 heterocycles. The Morgan fingerprint density at radius 1 is 1.05 bits per heavy atom. The lowest BCUT2D eigenvalue weighted by Crippen LogP contribution is -1.92. The van der Waals surface area contributed by atoms with Crippen molar-refractivity contribution in [1.29, 1.82) is 5.26 Å². The largest absolute Gasteiger partial charge is 0.496 e. The lowest BCUT2D eigenvalue weighted by atomic mass is 10.0. The first-order chi connectivity index (χ1) is 10.6. The van der Waals surface area contributed by atoms with Crippen LogP contribution < -0.4 is 9.47 Å². The van der Waals surface area contributed by atoms with Gasteiger partial charge in [0.15, 0.2) is 0 Å². The Hall–Kier alpha value is -2.15. The Bertz CT molecular complexity index is 746. The van der Waals surface area contributed by atoms with E-state index in [-0.39, 0.29) is 0 Å². The van der Waals surface area contributed by atoms with Crippen LogP contribution in [0.15, 0.2) is 36.4 Å². The molecular weight excluding hydrogens is 321 g/mol. The second-order valence-corrected chi connectivity index (χ2v) is 5.25. The molecule has 112 valence electrons. The number of rotatable bonds is 4. The zero-order chi connectivity index (χ0) is 16.1. The summed E-state index contributed by atoms with van der Waals surface area (Å²) in [5.74, 6) is 1.09. The summed E-state index contributed by atoms with van der Waals surface area (Å²) in [6, 6.07) is 12.6. The number of methoxy groups -OCH3 is 2. The number of halogens is 2. The molecule has 0 atom stereocenters. The minimum Gasteiger partial charge on any atom is -0.496 e. The summed E-state index contributed by atoms with van der Waals surface area (Å²) in [5, 5.41) is 10.5. The highest BCUT2D eigenvalue weighted by atomic mass is 35.5. The number of allylic oxidation sites excluding steroid dienone is 1. The number of ether oxygens (including phenoxy) is 2. The van der Waals surface area contributed by atoms with E-state index >= 15 is 0 Å². The average Bonchev–Trinajstić information content (AvgIpc) is 2.53. The molecule has 0 saturated carbocycles. The quantitative estimate of drug-likeness (QED) is 0.579. The molecule has 0 aliphatic rings. The topological polar surface area (TPSA) is 42.2 Å². The van der Waals surface area contributed by atoms with Crippen molar-refractivity contribution in [2.24, 2.45) is 0 Å². The van der Waals surface area contributed by atoms with Crippen LogP contribution in [0.4, 0.5) is 0 Å². The number of nitriles is 1. The van der Waals surface area contributed by atoms with E-state index in [4.69, 9.17) is 32.7 Å². The van der Waals surface area contributed by atoms with Crippen molar-refractivity contribution in [1.82, 2.24) is 0 Å². The van der Waals surface area contributed by atoms with Crippen LogP contribution in [0.25, 0.3) is 11.6 Å². The Balaban J connectivity index is 2.52. The van der Waals surface area contributed by atoms with E-state index in [1.165, 1.54) is 7.11 Å². The van der Waals surface area contributed by atoms with Gasteiger partial charge in [0.05, 0.1) is 30.9 Å². The third kappa shape index (κ3) is 3.54. The third-order valence-corrected chi connectivity index (χ3v) is 3.63. The standard InChI is InChI=1S/C17H13Cl2NO2/c1-21-16-9-17(22-2)15(19)8-12(16)7-13(10-20)11-3-5-14(18)6-4-11/h3-9H,1-2H3/b13-7-. The molecule has 2 aromatic rings. The normalized spacial score (nSPS) is 11.0. The second kappa shape index (κ2) is 7.22. The first-order valence-electron chi connectivity index (χ1n) is 6.38. The predicted octanol–water partition coefficient (Wildman–Crippen LogP) is 5.07. The van der Waals surface area contributed by atoms with E-state index in [1.54, 1.807) is 49.6 Å². The van der Waals surface area contributed by atoms with E-state index in [0.29, 0.717) is 32.7 Å². The average molecular weight is 334 g/mol. The molecule has 22 heavy (non-hydrogen) atoms. The van der Waals surface area contributed by atoms with Crippen LogP contribution in [0.5, 0.6) is 11.5 Å². The van der Waals surface area contributed by atoms with Gasteiger partial charge < -0.3 is 9.47 Å². The molecule has 0 saturated heterocycles. The van der Waals surface area contributed by atoms with Crippen LogP contribution in [-0.4, -0.2) is 14.2 Å². The molecule has 0 spiro atoms. The molecule has 0 unspecified atom stereocenters. The molecule has 0 N–H and O–H groups in total. The van der Waals surface area contributed by atoms with E-state index in [9.17, 15) is 5.26 Å². The zero-order valence-electron chi connectivity index (χ0n) is 12.1. The monoisotopic (exact) mass is 333 g/mol. The van der Waals surface area contributed by atoms with Crippen LogP contribution in [0, 0.1) is 11.3 Å². The lowest BCUT2D eigenvalue weighted by molar-refractivity contribution is 0.394. The molecule has 0 radical (unpaired) electrons. The van der Waals surface area contributed by atoms with Gasteiger partial charge in [-0.3, -0.25) is 0 Å². The maximum Gasteiger partial charge on any atom is 0.141 e. The van der Waals surface area contributed by atoms with Crippen molar-refractivity contribution in [3.05, 3.63) is 57.6 Å². The van der Waals surface area contributed by atoms with Crippen LogP contribution in [-0.2, 0) is 0 Å².